The van der Waals surface area contributed by atoms with Crippen molar-refractivity contribution in [2.45, 2.75) is 104 Å². The standard InChI is InChI=1S/C78H70BN3OS/c1-75(2,3)52-29-32-54(33-30-52)82-68-44-51(49-21-13-11-14-22-49)43-67-72(68)79(74-73(82)61-45-53(76(4,5)6)31-40-71(61)84-74)64-38-35-57(48-66(64)81(67)55-36-39-70-60(46-55)59-26-18-20-28-69(59)83-70)80(65-27-19-17-25-58(65)50-23-15-12-16-24-50)56-34-37-62-63(47-56)78(9,10)42-41-77(62,7)8/h11-40,43-48H,41-42H2,1-10H3. The van der Waals surface area contributed by atoms with Crippen LogP contribution in [-0.4, -0.2) is 6.71 Å². The van der Waals surface area contributed by atoms with E-state index in [-0.39, 0.29) is 28.4 Å². The maximum Gasteiger partial charge on any atom is 0.264 e. The van der Waals surface area contributed by atoms with Gasteiger partial charge in [-0.3, -0.25) is 0 Å². The molecule has 0 fully saturated rings. The quantitative estimate of drug-likeness (QED) is 0.148. The van der Waals surface area contributed by atoms with Crippen LogP contribution in [0.3, 0.4) is 0 Å². The Hall–Kier alpha value is -8.58. The van der Waals surface area contributed by atoms with Crippen molar-refractivity contribution >= 4 is 117 Å². The fourth-order valence-electron chi connectivity index (χ4n) is 14.1. The number of nitrogens with zero attached hydrogens (tertiary/aromatic N) is 3. The maximum atomic E-state index is 6.60. The molecular formula is C78H70BN3OS. The van der Waals surface area contributed by atoms with Gasteiger partial charge < -0.3 is 19.1 Å². The van der Waals surface area contributed by atoms with Crippen LogP contribution in [0.1, 0.15) is 104 Å². The van der Waals surface area contributed by atoms with Crippen molar-refractivity contribution in [2.24, 2.45) is 0 Å². The molecule has 3 aliphatic rings. The third-order valence-corrected chi connectivity index (χ3v) is 20.0. The van der Waals surface area contributed by atoms with E-state index in [0.29, 0.717) is 0 Å². The second-order valence-corrected chi connectivity index (χ2v) is 28.3. The summed E-state index contributed by atoms with van der Waals surface area (Å²) in [6.07, 6.45) is 2.29. The van der Waals surface area contributed by atoms with E-state index in [1.165, 1.54) is 76.1 Å². The van der Waals surface area contributed by atoms with Crippen LogP contribution in [-0.2, 0) is 21.7 Å². The number of anilines is 9. The first kappa shape index (κ1) is 52.2. The maximum absolute atomic E-state index is 6.60. The highest BCUT2D eigenvalue weighted by Crippen LogP contribution is 2.53. The minimum Gasteiger partial charge on any atom is -0.456 e. The molecule has 0 radical (unpaired) electrons. The molecule has 6 heteroatoms. The summed E-state index contributed by atoms with van der Waals surface area (Å²) in [6, 6.07) is 82.7. The van der Waals surface area contributed by atoms with Crippen LogP contribution in [0, 0.1) is 0 Å². The molecule has 10 aromatic carbocycles. The van der Waals surface area contributed by atoms with Crippen molar-refractivity contribution in [3.63, 3.8) is 0 Å². The highest BCUT2D eigenvalue weighted by Gasteiger charge is 2.46. The van der Waals surface area contributed by atoms with E-state index in [1.807, 2.05) is 11.3 Å². The Bertz CT molecular complexity index is 4590. The summed E-state index contributed by atoms with van der Waals surface area (Å²) < 4.78 is 9.24. The van der Waals surface area contributed by atoms with Gasteiger partial charge in [0.2, 0.25) is 0 Å². The number of fused-ring (bicyclic) bond motifs is 10. The Balaban J connectivity index is 1.06. The molecule has 0 N–H and O–H groups in total. The predicted octanol–water partition coefficient (Wildman–Crippen LogP) is 20.6. The second kappa shape index (κ2) is 19.0. The summed E-state index contributed by atoms with van der Waals surface area (Å²) in [5, 5.41) is 3.49. The van der Waals surface area contributed by atoms with Crippen LogP contribution in [0.25, 0.3) is 54.3 Å². The van der Waals surface area contributed by atoms with Gasteiger partial charge in [0.15, 0.2) is 0 Å². The van der Waals surface area contributed by atoms with Crippen molar-refractivity contribution in [2.75, 3.05) is 14.7 Å². The molecule has 0 atom stereocenters. The molecule has 12 aromatic rings. The third kappa shape index (κ3) is 8.38. The summed E-state index contributed by atoms with van der Waals surface area (Å²) in [5.41, 5.74) is 24.9. The van der Waals surface area contributed by atoms with Crippen LogP contribution < -0.4 is 30.4 Å². The molecule has 0 unspecified atom stereocenters. The number of benzene rings is 10. The SMILES string of the molecule is CC(C)(C)c1ccc(N2c3cc(-c4ccccc4)cc4c3B(c3ccc(N(c5ccc6c(c5)C(C)(C)CCC6(C)C)c5ccccc5-c5ccccc5)cc3N4c3ccc4oc5ccccc5c4c3)c3sc4ccc(C(C)(C)C)cc4c32)cc1. The van der Waals surface area contributed by atoms with Gasteiger partial charge in [0.25, 0.3) is 6.71 Å². The number of rotatable bonds is 7. The van der Waals surface area contributed by atoms with Crippen LogP contribution in [0.5, 0.6) is 0 Å². The number of hydrogen-bond donors (Lipinski definition) is 0. The average molecular weight is 1110 g/mol. The smallest absolute Gasteiger partial charge is 0.264 e. The minimum atomic E-state index is -0.0916. The fourth-order valence-corrected chi connectivity index (χ4v) is 15.4. The van der Waals surface area contributed by atoms with E-state index in [9.17, 15) is 0 Å². The molecule has 15 rings (SSSR count). The lowest BCUT2D eigenvalue weighted by molar-refractivity contribution is 0.332. The molecule has 0 saturated carbocycles. The Labute approximate surface area is 499 Å². The van der Waals surface area contributed by atoms with Crippen molar-refractivity contribution in [1.82, 2.24) is 0 Å². The summed E-state index contributed by atoms with van der Waals surface area (Å²) in [6.45, 7) is 23.6. The Kier molecular flexibility index (Phi) is 11.8. The van der Waals surface area contributed by atoms with E-state index >= 15 is 0 Å². The normalized spacial score (nSPS) is 15.0. The molecule has 412 valence electrons. The number of para-hydroxylation sites is 2. The molecule has 4 heterocycles. The zero-order chi connectivity index (χ0) is 57.6. The highest BCUT2D eigenvalue weighted by atomic mass is 32.1. The molecule has 4 nitrogen and oxygen atoms in total. The van der Waals surface area contributed by atoms with Gasteiger partial charge >= 0.3 is 0 Å². The zero-order valence-electron chi connectivity index (χ0n) is 49.9. The number of hydrogen-bond acceptors (Lipinski definition) is 5. The van der Waals surface area contributed by atoms with Crippen LogP contribution in [0.2, 0.25) is 0 Å². The van der Waals surface area contributed by atoms with Crippen LogP contribution in [0.15, 0.2) is 223 Å². The minimum absolute atomic E-state index is 0.00311. The van der Waals surface area contributed by atoms with Gasteiger partial charge in [-0.2, -0.15) is 0 Å². The Morgan fingerprint density at radius 1 is 0.464 bits per heavy atom. The van der Waals surface area contributed by atoms with Gasteiger partial charge in [0, 0.05) is 71.0 Å². The summed E-state index contributed by atoms with van der Waals surface area (Å²) in [7, 11) is 0. The largest absolute Gasteiger partial charge is 0.456 e. The molecule has 2 aromatic heterocycles. The first-order chi connectivity index (χ1) is 40.4. The number of thiophene rings is 1. The van der Waals surface area contributed by atoms with E-state index in [1.54, 1.807) is 0 Å². The van der Waals surface area contributed by atoms with E-state index in [0.717, 1.165) is 80.2 Å². The van der Waals surface area contributed by atoms with Crippen LogP contribution >= 0.6 is 11.3 Å². The Morgan fingerprint density at radius 3 is 1.81 bits per heavy atom. The second-order valence-electron chi connectivity index (χ2n) is 27.2. The molecule has 1 aliphatic carbocycles. The molecule has 2 aliphatic heterocycles. The van der Waals surface area contributed by atoms with Crippen molar-refractivity contribution in [3.8, 4) is 22.3 Å². The summed E-state index contributed by atoms with van der Waals surface area (Å²) >= 11 is 1.96. The van der Waals surface area contributed by atoms with Crippen molar-refractivity contribution < 1.29 is 4.42 Å². The third-order valence-electron chi connectivity index (χ3n) is 18.8. The number of furan rings is 1. The monoisotopic (exact) mass is 1110 g/mol. The molecule has 84 heavy (non-hydrogen) atoms. The summed E-state index contributed by atoms with van der Waals surface area (Å²) in [4.78, 5) is 7.77. The van der Waals surface area contributed by atoms with Gasteiger partial charge in [-0.15, -0.1) is 11.3 Å². The first-order valence-corrected chi connectivity index (χ1v) is 30.9. The van der Waals surface area contributed by atoms with Gasteiger partial charge in [0.1, 0.15) is 11.2 Å². The van der Waals surface area contributed by atoms with Gasteiger partial charge in [-0.25, -0.2) is 0 Å². The topological polar surface area (TPSA) is 22.9 Å². The van der Waals surface area contributed by atoms with E-state index in [2.05, 4.69) is 302 Å². The van der Waals surface area contributed by atoms with Crippen molar-refractivity contribution in [3.05, 3.63) is 241 Å². The highest BCUT2D eigenvalue weighted by molar-refractivity contribution is 7.33. The van der Waals surface area contributed by atoms with Gasteiger partial charge in [-0.05, 0) is 175 Å². The van der Waals surface area contributed by atoms with E-state index < -0.39 is 0 Å². The lowest BCUT2D eigenvalue weighted by Crippen LogP contribution is -2.60. The molecule has 0 saturated heterocycles. The van der Waals surface area contributed by atoms with Gasteiger partial charge in [-0.1, -0.05) is 197 Å². The first-order valence-electron chi connectivity index (χ1n) is 30.1. The predicted molar refractivity (Wildman–Crippen MR) is 361 cm³/mol. The van der Waals surface area contributed by atoms with Crippen molar-refractivity contribution in [1.29, 1.82) is 0 Å². The fraction of sp³-hybridized carbons (Fsp3) is 0.205. The zero-order valence-corrected chi connectivity index (χ0v) is 50.8. The van der Waals surface area contributed by atoms with E-state index in [4.69, 9.17) is 4.42 Å². The molecule has 0 bridgehead atoms. The lowest BCUT2D eigenvalue weighted by atomic mass is 9.36. The van der Waals surface area contributed by atoms with Crippen LogP contribution in [0.4, 0.5) is 51.2 Å². The molecule has 0 spiro atoms. The van der Waals surface area contributed by atoms with Gasteiger partial charge in [0.05, 0.1) is 11.4 Å². The average Bonchev–Trinajstić information content (AvgIpc) is 1.30. The molecule has 0 amide bonds. The summed E-state index contributed by atoms with van der Waals surface area (Å²) in [5.74, 6) is 0. The molecular weight excluding hydrogens is 1040 g/mol. The lowest BCUT2D eigenvalue weighted by Gasteiger charge is -2.44. The Morgan fingerprint density at radius 2 is 1.07 bits per heavy atom.